The highest BCUT2D eigenvalue weighted by Crippen LogP contribution is 2.44. The van der Waals surface area contributed by atoms with E-state index >= 15 is 0 Å². The molecule has 3 aromatic rings. The number of nitrogens with zero attached hydrogens (tertiary/aromatic N) is 2. The second-order valence-electron chi connectivity index (χ2n) is 10.0. The number of para-hydroxylation sites is 1. The van der Waals surface area contributed by atoms with Crippen LogP contribution in [0.15, 0.2) is 30.6 Å². The molecule has 2 atom stereocenters. The predicted octanol–water partition coefficient (Wildman–Crippen LogP) is 5.20. The van der Waals surface area contributed by atoms with E-state index in [0.29, 0.717) is 27.5 Å². The highest BCUT2D eigenvalue weighted by atomic mass is 32.1. The van der Waals surface area contributed by atoms with Crippen molar-refractivity contribution in [2.24, 2.45) is 11.3 Å². The molecule has 0 fully saturated rings. The summed E-state index contributed by atoms with van der Waals surface area (Å²) >= 11 is 1.41. The number of aromatic nitrogens is 2. The molecule has 1 N–H and O–H groups in total. The Morgan fingerprint density at radius 3 is 2.61 bits per heavy atom. The van der Waals surface area contributed by atoms with Gasteiger partial charge in [0.15, 0.2) is 6.10 Å². The smallest absolute Gasteiger partial charge is 0.341 e. The Morgan fingerprint density at radius 1 is 1.17 bits per heavy atom. The quantitative estimate of drug-likeness (QED) is 0.455. The molecular formula is C27H31N3O5S. The second kappa shape index (κ2) is 10.3. The number of amides is 1. The fraction of sp³-hybridized carbons (Fsp3) is 0.444. The maximum atomic E-state index is 13.2. The topological polar surface area (TPSA) is 107 Å². The third kappa shape index (κ3) is 5.11. The van der Waals surface area contributed by atoms with E-state index < -0.39 is 23.9 Å². The lowest BCUT2D eigenvalue weighted by Gasteiger charge is -2.33. The van der Waals surface area contributed by atoms with Gasteiger partial charge in [0.2, 0.25) is 0 Å². The van der Waals surface area contributed by atoms with E-state index in [9.17, 15) is 14.4 Å². The molecule has 1 aliphatic carbocycles. The van der Waals surface area contributed by atoms with E-state index in [-0.39, 0.29) is 17.4 Å². The van der Waals surface area contributed by atoms with Crippen LogP contribution >= 0.6 is 11.3 Å². The van der Waals surface area contributed by atoms with Gasteiger partial charge < -0.3 is 14.8 Å². The number of benzene rings is 1. The lowest BCUT2D eigenvalue weighted by Crippen LogP contribution is -2.32. The first kappa shape index (κ1) is 25.8. The summed E-state index contributed by atoms with van der Waals surface area (Å²) in [6.45, 7) is 8.43. The van der Waals surface area contributed by atoms with Gasteiger partial charge in [-0.05, 0) is 54.7 Å². The van der Waals surface area contributed by atoms with Crippen LogP contribution in [0.5, 0.6) is 0 Å². The minimum absolute atomic E-state index is 0.143. The van der Waals surface area contributed by atoms with Crippen LogP contribution in [0.3, 0.4) is 0 Å². The van der Waals surface area contributed by atoms with Crippen molar-refractivity contribution in [3.05, 3.63) is 52.2 Å². The average Bonchev–Trinajstić information content (AvgIpc) is 3.22. The Morgan fingerprint density at radius 2 is 1.92 bits per heavy atom. The van der Waals surface area contributed by atoms with Crippen molar-refractivity contribution in [3.63, 3.8) is 0 Å². The van der Waals surface area contributed by atoms with E-state index in [1.54, 1.807) is 31.3 Å². The van der Waals surface area contributed by atoms with Gasteiger partial charge in [0.05, 0.1) is 23.8 Å². The van der Waals surface area contributed by atoms with Gasteiger partial charge in [-0.1, -0.05) is 33.8 Å². The summed E-state index contributed by atoms with van der Waals surface area (Å²) in [5, 5.41) is 3.30. The van der Waals surface area contributed by atoms with Crippen LogP contribution in [0.1, 0.15) is 71.7 Å². The summed E-state index contributed by atoms with van der Waals surface area (Å²) in [5.74, 6) is -1.15. The molecule has 1 aromatic carbocycles. The van der Waals surface area contributed by atoms with Crippen LogP contribution in [0.4, 0.5) is 5.00 Å². The third-order valence-corrected chi connectivity index (χ3v) is 7.92. The van der Waals surface area contributed by atoms with Gasteiger partial charge in [0.1, 0.15) is 10.5 Å². The molecule has 1 aliphatic rings. The molecule has 36 heavy (non-hydrogen) atoms. The number of carbonyl (C=O) groups is 3. The molecule has 0 bridgehead atoms. The number of rotatable bonds is 6. The number of thiophene rings is 1. The number of esters is 2. The van der Waals surface area contributed by atoms with E-state index in [0.717, 1.165) is 29.7 Å². The molecule has 0 aliphatic heterocycles. The Bertz CT molecular complexity index is 1310. The Kier molecular flexibility index (Phi) is 7.40. The van der Waals surface area contributed by atoms with Gasteiger partial charge in [0, 0.05) is 17.3 Å². The fourth-order valence-corrected chi connectivity index (χ4v) is 5.91. The van der Waals surface area contributed by atoms with E-state index in [1.807, 2.05) is 0 Å². The zero-order valence-electron chi connectivity index (χ0n) is 21.2. The van der Waals surface area contributed by atoms with Crippen LogP contribution in [0.25, 0.3) is 11.0 Å². The van der Waals surface area contributed by atoms with Crippen molar-refractivity contribution in [2.45, 2.75) is 59.5 Å². The summed E-state index contributed by atoms with van der Waals surface area (Å²) in [6.07, 6.45) is 4.83. The van der Waals surface area contributed by atoms with Gasteiger partial charge in [-0.2, -0.15) is 0 Å². The number of methoxy groups -OCH3 is 1. The van der Waals surface area contributed by atoms with Crippen molar-refractivity contribution >= 4 is 45.2 Å². The summed E-state index contributed by atoms with van der Waals surface area (Å²) in [7, 11) is 1.34. The van der Waals surface area contributed by atoms with Crippen molar-refractivity contribution < 1.29 is 23.9 Å². The monoisotopic (exact) mass is 509 g/mol. The Hall–Kier alpha value is -3.33. The first-order chi connectivity index (χ1) is 17.1. The number of carbonyl (C=O) groups excluding carboxylic acids is 3. The van der Waals surface area contributed by atoms with Crippen molar-refractivity contribution in [1.82, 2.24) is 9.97 Å². The number of ether oxygens (including phenoxy) is 2. The molecule has 2 heterocycles. The highest BCUT2D eigenvalue weighted by molar-refractivity contribution is 7.17. The second-order valence-corrected chi connectivity index (χ2v) is 11.1. The van der Waals surface area contributed by atoms with E-state index in [2.05, 4.69) is 36.1 Å². The van der Waals surface area contributed by atoms with Crippen molar-refractivity contribution in [2.75, 3.05) is 12.4 Å². The SMILES string of the molecule is CCC(OC(=O)c1cccc2nccnc12)C(=O)Nc1sc2c(c1C(=O)OC)CCC(C(C)(C)C)C2. The van der Waals surface area contributed by atoms with Crippen LogP contribution in [-0.4, -0.2) is 41.0 Å². The third-order valence-electron chi connectivity index (χ3n) is 6.75. The Labute approximate surface area is 214 Å². The molecule has 190 valence electrons. The van der Waals surface area contributed by atoms with E-state index in [4.69, 9.17) is 9.47 Å². The molecular weight excluding hydrogens is 478 g/mol. The fourth-order valence-electron chi connectivity index (χ4n) is 4.60. The summed E-state index contributed by atoms with van der Waals surface area (Å²) in [4.78, 5) is 48.4. The molecule has 2 aromatic heterocycles. The molecule has 9 heteroatoms. The van der Waals surface area contributed by atoms with Crippen LogP contribution in [0.2, 0.25) is 0 Å². The maximum absolute atomic E-state index is 13.2. The van der Waals surface area contributed by atoms with Crippen LogP contribution in [0, 0.1) is 11.3 Å². The summed E-state index contributed by atoms with van der Waals surface area (Å²) < 4.78 is 10.6. The molecule has 0 radical (unpaired) electrons. The minimum Gasteiger partial charge on any atom is -0.465 e. The van der Waals surface area contributed by atoms with Gasteiger partial charge in [-0.15, -0.1) is 11.3 Å². The maximum Gasteiger partial charge on any atom is 0.341 e. The first-order valence-corrected chi connectivity index (χ1v) is 12.9. The molecule has 1 amide bonds. The van der Waals surface area contributed by atoms with Gasteiger partial charge >= 0.3 is 11.9 Å². The number of hydrogen-bond donors (Lipinski definition) is 1. The number of anilines is 1. The lowest BCUT2D eigenvalue weighted by molar-refractivity contribution is -0.124. The number of fused-ring (bicyclic) bond motifs is 2. The van der Waals surface area contributed by atoms with Gasteiger partial charge in [0.25, 0.3) is 5.91 Å². The van der Waals surface area contributed by atoms with E-state index in [1.165, 1.54) is 24.6 Å². The van der Waals surface area contributed by atoms with Crippen molar-refractivity contribution in [3.8, 4) is 0 Å². The standard InChI is InChI=1S/C27H31N3O5S/c1-6-19(35-25(32)17-8-7-9-18-22(17)29-13-12-28-18)23(31)30-24-21(26(33)34-5)16-11-10-15(27(2,3)4)14-20(16)36-24/h7-9,12-13,15,19H,6,10-11,14H2,1-5H3,(H,30,31). The van der Waals surface area contributed by atoms with Crippen molar-refractivity contribution in [1.29, 1.82) is 0 Å². The number of nitrogens with one attached hydrogen (secondary N) is 1. The summed E-state index contributed by atoms with van der Waals surface area (Å²) in [6, 6.07) is 5.04. The molecule has 4 rings (SSSR count). The molecule has 0 saturated carbocycles. The van der Waals surface area contributed by atoms with Crippen LogP contribution in [-0.2, 0) is 27.1 Å². The predicted molar refractivity (Wildman–Crippen MR) is 138 cm³/mol. The summed E-state index contributed by atoms with van der Waals surface area (Å²) in [5.41, 5.74) is 2.70. The number of hydrogen-bond acceptors (Lipinski definition) is 8. The largest absolute Gasteiger partial charge is 0.465 e. The lowest BCUT2D eigenvalue weighted by atomic mass is 9.72. The first-order valence-electron chi connectivity index (χ1n) is 12.1. The van der Waals surface area contributed by atoms with Gasteiger partial charge in [-0.3, -0.25) is 14.8 Å². The minimum atomic E-state index is -1.05. The zero-order valence-corrected chi connectivity index (χ0v) is 22.0. The zero-order chi connectivity index (χ0) is 26.0. The average molecular weight is 510 g/mol. The van der Waals surface area contributed by atoms with Gasteiger partial charge in [-0.25, -0.2) is 9.59 Å². The Balaban J connectivity index is 1.57. The van der Waals surface area contributed by atoms with Crippen LogP contribution < -0.4 is 5.32 Å². The highest BCUT2D eigenvalue weighted by Gasteiger charge is 2.35. The normalized spacial score (nSPS) is 16.2. The molecule has 0 saturated heterocycles. The molecule has 8 nitrogen and oxygen atoms in total. The molecule has 0 spiro atoms. The molecule has 2 unspecified atom stereocenters.